The van der Waals surface area contributed by atoms with Crippen LogP contribution < -0.4 is 0 Å². The molecule has 0 amide bonds. The third-order valence-corrected chi connectivity index (χ3v) is 1.29. The van der Waals surface area contributed by atoms with Crippen LogP contribution in [0, 0.1) is 11.3 Å². The second kappa shape index (κ2) is 2.50. The molecular formula is C6H7N3O. The first-order valence-corrected chi connectivity index (χ1v) is 2.81. The van der Waals surface area contributed by atoms with Gasteiger partial charge in [-0.25, -0.2) is 0 Å². The average Bonchev–Trinajstić information content (AvgIpc) is 2.30. The van der Waals surface area contributed by atoms with Gasteiger partial charge in [-0.2, -0.15) is 10.4 Å². The lowest BCUT2D eigenvalue weighted by atomic mass is 10.3. The summed E-state index contributed by atoms with van der Waals surface area (Å²) in [7, 11) is 1.66. The van der Waals surface area contributed by atoms with Crippen molar-refractivity contribution >= 4 is 0 Å². The summed E-state index contributed by atoms with van der Waals surface area (Å²) in [4.78, 5) is 0. The Balaban J connectivity index is 3.17. The maximum atomic E-state index is 8.66. The Labute approximate surface area is 58.3 Å². The first-order valence-electron chi connectivity index (χ1n) is 2.81. The van der Waals surface area contributed by atoms with E-state index in [1.807, 2.05) is 6.07 Å². The van der Waals surface area contributed by atoms with E-state index in [1.54, 1.807) is 7.05 Å². The van der Waals surface area contributed by atoms with Crippen LogP contribution in [0.5, 0.6) is 0 Å². The van der Waals surface area contributed by atoms with Gasteiger partial charge in [0.05, 0.1) is 12.8 Å². The van der Waals surface area contributed by atoms with Gasteiger partial charge >= 0.3 is 0 Å². The molecule has 0 saturated carbocycles. The third-order valence-electron chi connectivity index (χ3n) is 1.29. The second-order valence-corrected chi connectivity index (χ2v) is 1.91. The summed E-state index contributed by atoms with van der Waals surface area (Å²) in [6, 6.07) is 1.94. The van der Waals surface area contributed by atoms with Crippen molar-refractivity contribution in [1.29, 1.82) is 5.26 Å². The van der Waals surface area contributed by atoms with Gasteiger partial charge in [0.1, 0.15) is 11.8 Å². The summed E-state index contributed by atoms with van der Waals surface area (Å²) in [5, 5.41) is 20.9. The summed E-state index contributed by atoms with van der Waals surface area (Å²) < 4.78 is 1.44. The fourth-order valence-corrected chi connectivity index (χ4v) is 0.743. The molecule has 1 rings (SSSR count). The molecular weight excluding hydrogens is 130 g/mol. The molecule has 0 fully saturated rings. The van der Waals surface area contributed by atoms with Crippen LogP contribution >= 0.6 is 0 Å². The van der Waals surface area contributed by atoms with E-state index in [2.05, 4.69) is 5.10 Å². The quantitative estimate of drug-likeness (QED) is 0.582. The van der Waals surface area contributed by atoms with Gasteiger partial charge in [-0.15, -0.1) is 0 Å². The number of hydrogen-bond acceptors (Lipinski definition) is 3. The molecule has 1 aromatic rings. The molecule has 0 aliphatic rings. The summed E-state index contributed by atoms with van der Waals surface area (Å²) in [6.45, 7) is -0.128. The van der Waals surface area contributed by atoms with Crippen LogP contribution in [0.15, 0.2) is 6.20 Å². The van der Waals surface area contributed by atoms with Crippen LogP contribution in [-0.2, 0) is 13.7 Å². The molecule has 1 N–H and O–H groups in total. The van der Waals surface area contributed by atoms with Gasteiger partial charge in [-0.1, -0.05) is 0 Å². The Morgan fingerprint density at radius 1 is 1.90 bits per heavy atom. The number of nitriles is 1. The first kappa shape index (κ1) is 6.78. The SMILES string of the molecule is Cn1ncc(CO)c1C#N. The largest absolute Gasteiger partial charge is 0.392 e. The Morgan fingerprint density at radius 3 is 3.00 bits per heavy atom. The van der Waals surface area contributed by atoms with Crippen LogP contribution in [-0.4, -0.2) is 14.9 Å². The molecule has 0 radical (unpaired) electrons. The summed E-state index contributed by atoms with van der Waals surface area (Å²) in [5.74, 6) is 0. The predicted molar refractivity (Wildman–Crippen MR) is 33.8 cm³/mol. The van der Waals surface area contributed by atoms with Crippen molar-refractivity contribution in [2.75, 3.05) is 0 Å². The molecule has 0 spiro atoms. The molecule has 0 atom stereocenters. The Morgan fingerprint density at radius 2 is 2.60 bits per heavy atom. The Hall–Kier alpha value is -1.34. The molecule has 0 bridgehead atoms. The van der Waals surface area contributed by atoms with E-state index < -0.39 is 0 Å². The van der Waals surface area contributed by atoms with E-state index in [4.69, 9.17) is 10.4 Å². The number of aromatic nitrogens is 2. The molecule has 1 aromatic heterocycles. The standard InChI is InChI=1S/C6H7N3O/c1-9-6(2-7)5(4-10)3-8-9/h3,10H,4H2,1H3. The normalized spacial score (nSPS) is 9.30. The molecule has 1 heterocycles. The maximum absolute atomic E-state index is 8.66. The average molecular weight is 137 g/mol. The zero-order valence-electron chi connectivity index (χ0n) is 5.57. The Bertz CT molecular complexity index is 271. The van der Waals surface area contributed by atoms with Crippen molar-refractivity contribution in [3.63, 3.8) is 0 Å². The fourth-order valence-electron chi connectivity index (χ4n) is 0.743. The van der Waals surface area contributed by atoms with Crippen LogP contribution in [0.4, 0.5) is 0 Å². The van der Waals surface area contributed by atoms with E-state index in [1.165, 1.54) is 10.9 Å². The maximum Gasteiger partial charge on any atom is 0.143 e. The minimum absolute atomic E-state index is 0.128. The third kappa shape index (κ3) is 0.870. The van der Waals surface area contributed by atoms with Gasteiger partial charge in [0, 0.05) is 12.6 Å². The minimum Gasteiger partial charge on any atom is -0.392 e. The Kier molecular flexibility index (Phi) is 1.69. The second-order valence-electron chi connectivity index (χ2n) is 1.91. The van der Waals surface area contributed by atoms with E-state index in [9.17, 15) is 0 Å². The number of aliphatic hydroxyl groups excluding tert-OH is 1. The van der Waals surface area contributed by atoms with Crippen LogP contribution in [0.1, 0.15) is 11.3 Å². The van der Waals surface area contributed by atoms with Gasteiger partial charge in [0.15, 0.2) is 0 Å². The van der Waals surface area contributed by atoms with Gasteiger partial charge in [0.2, 0.25) is 0 Å². The number of rotatable bonds is 1. The zero-order chi connectivity index (χ0) is 7.56. The van der Waals surface area contributed by atoms with Gasteiger partial charge in [-0.3, -0.25) is 4.68 Å². The molecule has 0 aliphatic heterocycles. The highest BCUT2D eigenvalue weighted by Gasteiger charge is 2.04. The van der Waals surface area contributed by atoms with Crippen molar-refractivity contribution in [2.45, 2.75) is 6.61 Å². The van der Waals surface area contributed by atoms with Crippen LogP contribution in [0.25, 0.3) is 0 Å². The van der Waals surface area contributed by atoms with E-state index >= 15 is 0 Å². The summed E-state index contributed by atoms with van der Waals surface area (Å²) in [6.07, 6.45) is 1.48. The topological polar surface area (TPSA) is 61.8 Å². The molecule has 0 unspecified atom stereocenters. The lowest BCUT2D eigenvalue weighted by Gasteiger charge is -1.90. The predicted octanol–water partition coefficient (Wildman–Crippen LogP) is -0.216. The van der Waals surface area contributed by atoms with Crippen molar-refractivity contribution in [2.24, 2.45) is 7.05 Å². The monoisotopic (exact) mass is 137 g/mol. The van der Waals surface area contributed by atoms with Gasteiger partial charge in [-0.05, 0) is 0 Å². The summed E-state index contributed by atoms with van der Waals surface area (Å²) >= 11 is 0. The van der Waals surface area contributed by atoms with Crippen molar-refractivity contribution in [3.05, 3.63) is 17.5 Å². The number of aliphatic hydroxyl groups is 1. The van der Waals surface area contributed by atoms with Crippen molar-refractivity contribution in [1.82, 2.24) is 9.78 Å². The van der Waals surface area contributed by atoms with Crippen molar-refractivity contribution in [3.8, 4) is 6.07 Å². The molecule has 4 heteroatoms. The zero-order valence-corrected chi connectivity index (χ0v) is 5.57. The first-order chi connectivity index (χ1) is 4.79. The van der Waals surface area contributed by atoms with Gasteiger partial charge in [0.25, 0.3) is 0 Å². The highest BCUT2D eigenvalue weighted by Crippen LogP contribution is 2.04. The van der Waals surface area contributed by atoms with E-state index in [0.717, 1.165) is 0 Å². The molecule has 10 heavy (non-hydrogen) atoms. The van der Waals surface area contributed by atoms with E-state index in [-0.39, 0.29) is 6.61 Å². The smallest absolute Gasteiger partial charge is 0.143 e. The van der Waals surface area contributed by atoms with Crippen LogP contribution in [0.3, 0.4) is 0 Å². The fraction of sp³-hybridized carbons (Fsp3) is 0.333. The van der Waals surface area contributed by atoms with Crippen LogP contribution in [0.2, 0.25) is 0 Å². The lowest BCUT2D eigenvalue weighted by molar-refractivity contribution is 0.281. The highest BCUT2D eigenvalue weighted by molar-refractivity contribution is 5.28. The number of nitrogens with zero attached hydrogens (tertiary/aromatic N) is 3. The summed E-state index contributed by atoms with van der Waals surface area (Å²) in [5.41, 5.74) is 0.993. The van der Waals surface area contributed by atoms with Crippen molar-refractivity contribution < 1.29 is 5.11 Å². The molecule has 0 saturated heterocycles. The lowest BCUT2D eigenvalue weighted by Crippen LogP contribution is -1.95. The highest BCUT2D eigenvalue weighted by atomic mass is 16.3. The molecule has 4 nitrogen and oxygen atoms in total. The number of hydrogen-bond donors (Lipinski definition) is 1. The van der Waals surface area contributed by atoms with E-state index in [0.29, 0.717) is 11.3 Å². The molecule has 0 aromatic carbocycles. The molecule has 0 aliphatic carbocycles. The molecule has 52 valence electrons. The minimum atomic E-state index is -0.128. The van der Waals surface area contributed by atoms with Gasteiger partial charge < -0.3 is 5.11 Å². The number of aryl methyl sites for hydroxylation is 1.